The molecule has 340 valence electrons. The van der Waals surface area contributed by atoms with Gasteiger partial charge in [-0.1, -0.05) is 60.7 Å². The van der Waals surface area contributed by atoms with Gasteiger partial charge in [0.05, 0.1) is 55.4 Å². The summed E-state index contributed by atoms with van der Waals surface area (Å²) in [6.07, 6.45) is 16.3. The molecule has 0 unspecified atom stereocenters. The van der Waals surface area contributed by atoms with Gasteiger partial charge in [-0.05, 0) is 102 Å². The number of likely N-dealkylation sites (tertiary alicyclic amines) is 1. The Balaban J connectivity index is 0.000000193. The van der Waals surface area contributed by atoms with Gasteiger partial charge in [-0.25, -0.2) is 4.79 Å². The first-order chi connectivity index (χ1) is 30.7. The lowest BCUT2D eigenvalue weighted by molar-refractivity contribution is -0.0141. The largest absolute Gasteiger partial charge is 0.490 e. The van der Waals surface area contributed by atoms with Gasteiger partial charge >= 0.3 is 6.09 Å². The first-order valence-electron chi connectivity index (χ1n) is 23.4. The Morgan fingerprint density at radius 2 is 1.14 bits per heavy atom. The number of rotatable bonds is 18. The molecule has 12 nitrogen and oxygen atoms in total. The predicted molar refractivity (Wildman–Crippen MR) is 249 cm³/mol. The number of amides is 1. The molecule has 0 bridgehead atoms. The Morgan fingerprint density at radius 3 is 1.57 bits per heavy atom. The molecule has 4 aliphatic rings. The van der Waals surface area contributed by atoms with Crippen LogP contribution in [0.1, 0.15) is 83.3 Å². The van der Waals surface area contributed by atoms with E-state index in [9.17, 15) is 4.79 Å². The number of nitrogens with one attached hydrogen (secondary N) is 1. The van der Waals surface area contributed by atoms with Crippen LogP contribution in [0.5, 0.6) is 11.5 Å². The van der Waals surface area contributed by atoms with Gasteiger partial charge < -0.3 is 43.7 Å². The van der Waals surface area contributed by atoms with Crippen molar-refractivity contribution in [2.24, 2.45) is 11.8 Å². The van der Waals surface area contributed by atoms with Crippen LogP contribution >= 0.6 is 0 Å². The lowest BCUT2D eigenvalue weighted by Crippen LogP contribution is -2.55. The highest BCUT2D eigenvalue weighted by Gasteiger charge is 2.36. The van der Waals surface area contributed by atoms with Gasteiger partial charge in [-0.2, -0.15) is 0 Å². The topological polar surface area (TPSA) is 111 Å². The highest BCUT2D eigenvalue weighted by atomic mass is 16.6. The lowest BCUT2D eigenvalue weighted by atomic mass is 9.94. The second-order valence-corrected chi connectivity index (χ2v) is 18.5. The standard InChI is InChI=1S/C28H39N3O4.C23H31N3O2/c1-28(2,3)35-27(32)31-15-11-24(31)21-34-26-17-25(18-29-19-26)30-13-9-22(10-14-30)12-16-33-20-23-7-5-4-6-8-23;1-2-4-20(5-3-1)17-27-13-9-19-7-11-26(12-8-19)22-14-23(16-24-15-22)28-18-21-6-10-25-21/h4-8,17-19,22,24H,9-16,20-21H2,1-3H3;1-5,14-16,19,21,25H,6-13,17-18H2/t24-;21-/m00/s1. The molecular formula is C51H70N6O6. The Morgan fingerprint density at radius 1 is 0.651 bits per heavy atom. The summed E-state index contributed by atoms with van der Waals surface area (Å²) in [5.41, 5.74) is 4.27. The van der Waals surface area contributed by atoms with E-state index in [0.29, 0.717) is 38.3 Å². The maximum atomic E-state index is 12.3. The fraction of sp³-hybridized carbons (Fsp3) is 0.549. The van der Waals surface area contributed by atoms with Crippen LogP contribution in [-0.2, 0) is 27.4 Å². The molecule has 12 heteroatoms. The van der Waals surface area contributed by atoms with Crippen molar-refractivity contribution in [1.29, 1.82) is 0 Å². The number of anilines is 2. The second kappa shape index (κ2) is 23.7. The molecule has 0 aliphatic carbocycles. The van der Waals surface area contributed by atoms with Crippen LogP contribution in [0.4, 0.5) is 16.2 Å². The molecule has 0 saturated carbocycles. The van der Waals surface area contributed by atoms with Crippen LogP contribution < -0.4 is 24.6 Å². The Hall–Kier alpha value is -4.91. The second-order valence-electron chi connectivity index (χ2n) is 18.5. The summed E-state index contributed by atoms with van der Waals surface area (Å²) in [6, 6.07) is 25.5. The molecule has 0 radical (unpaired) electrons. The maximum Gasteiger partial charge on any atom is 0.410 e. The number of piperidine rings is 2. The van der Waals surface area contributed by atoms with Gasteiger partial charge in [0, 0.05) is 64.1 Å². The molecule has 6 heterocycles. The summed E-state index contributed by atoms with van der Waals surface area (Å²) in [7, 11) is 0. The molecule has 4 fully saturated rings. The molecular weight excluding hydrogens is 793 g/mol. The summed E-state index contributed by atoms with van der Waals surface area (Å²) >= 11 is 0. The van der Waals surface area contributed by atoms with Crippen LogP contribution in [0.3, 0.4) is 0 Å². The molecule has 4 aliphatic heterocycles. The summed E-state index contributed by atoms with van der Waals surface area (Å²) in [4.78, 5) is 27.7. The molecule has 4 saturated heterocycles. The number of benzene rings is 2. The third-order valence-corrected chi connectivity index (χ3v) is 12.5. The van der Waals surface area contributed by atoms with Gasteiger partial charge in [-0.3, -0.25) is 9.97 Å². The molecule has 1 amide bonds. The van der Waals surface area contributed by atoms with Gasteiger partial charge in [0.2, 0.25) is 0 Å². The number of hydrogen-bond acceptors (Lipinski definition) is 11. The smallest absolute Gasteiger partial charge is 0.410 e. The number of carbonyl (C=O) groups excluding carboxylic acids is 1. The summed E-state index contributed by atoms with van der Waals surface area (Å²) in [5, 5.41) is 3.36. The van der Waals surface area contributed by atoms with Crippen LogP contribution in [-0.4, -0.2) is 104 Å². The van der Waals surface area contributed by atoms with E-state index in [1.807, 2.05) is 51.5 Å². The van der Waals surface area contributed by atoms with Crippen molar-refractivity contribution in [1.82, 2.24) is 20.2 Å². The Kier molecular flexibility index (Phi) is 17.3. The van der Waals surface area contributed by atoms with E-state index < -0.39 is 5.60 Å². The average molecular weight is 863 g/mol. The van der Waals surface area contributed by atoms with Crippen molar-refractivity contribution in [3.8, 4) is 11.5 Å². The lowest BCUT2D eigenvalue weighted by Gasteiger charge is -2.41. The van der Waals surface area contributed by atoms with Crippen molar-refractivity contribution in [3.05, 3.63) is 109 Å². The molecule has 1 N–H and O–H groups in total. The van der Waals surface area contributed by atoms with Crippen molar-refractivity contribution >= 4 is 17.5 Å². The van der Waals surface area contributed by atoms with Crippen LogP contribution in [0.25, 0.3) is 0 Å². The van der Waals surface area contributed by atoms with Gasteiger partial charge in [0.15, 0.2) is 0 Å². The van der Waals surface area contributed by atoms with Crippen LogP contribution in [0.15, 0.2) is 97.6 Å². The predicted octanol–water partition coefficient (Wildman–Crippen LogP) is 8.94. The highest BCUT2D eigenvalue weighted by Crippen LogP contribution is 2.30. The van der Waals surface area contributed by atoms with E-state index >= 15 is 0 Å². The minimum Gasteiger partial charge on any atom is -0.490 e. The first kappa shape index (κ1) is 46.1. The SMILES string of the molecule is CC(C)(C)OC(=O)N1CC[C@H]1COc1cncc(N2CCC(CCOCc3ccccc3)CC2)c1.c1ccc(COCCC2CCN(c3cncc(OC[C@@H]4CCN4)c3)CC2)cc1. The first-order valence-corrected chi connectivity index (χ1v) is 23.4. The minimum atomic E-state index is -0.487. The summed E-state index contributed by atoms with van der Waals surface area (Å²) in [5.74, 6) is 3.08. The van der Waals surface area contributed by atoms with Gasteiger partial charge in [-0.15, -0.1) is 0 Å². The van der Waals surface area contributed by atoms with Crippen LogP contribution in [0.2, 0.25) is 0 Å². The van der Waals surface area contributed by atoms with Crippen LogP contribution in [0, 0.1) is 11.8 Å². The highest BCUT2D eigenvalue weighted by molar-refractivity contribution is 5.69. The normalized spacial score (nSPS) is 19.3. The molecule has 8 rings (SSSR count). The van der Waals surface area contributed by atoms with E-state index in [1.165, 1.54) is 36.1 Å². The molecule has 2 aromatic heterocycles. The van der Waals surface area contributed by atoms with E-state index in [-0.39, 0.29) is 12.1 Å². The number of hydrogen-bond donors (Lipinski definition) is 1. The fourth-order valence-corrected chi connectivity index (χ4v) is 8.36. The van der Waals surface area contributed by atoms with Crippen molar-refractivity contribution in [3.63, 3.8) is 0 Å². The summed E-state index contributed by atoms with van der Waals surface area (Å²) in [6.45, 7) is 15.9. The minimum absolute atomic E-state index is 0.0494. The third-order valence-electron chi connectivity index (χ3n) is 12.5. The quantitative estimate of drug-likeness (QED) is 0.0969. The molecule has 2 aromatic carbocycles. The van der Waals surface area contributed by atoms with Gasteiger partial charge in [0.1, 0.15) is 30.3 Å². The number of carbonyl (C=O) groups is 1. The third kappa shape index (κ3) is 15.1. The fourth-order valence-electron chi connectivity index (χ4n) is 8.36. The zero-order valence-electron chi connectivity index (χ0n) is 37.9. The van der Waals surface area contributed by atoms with Crippen molar-refractivity contribution in [2.75, 3.05) is 75.5 Å². The van der Waals surface area contributed by atoms with E-state index in [1.54, 1.807) is 11.1 Å². The Labute approximate surface area is 375 Å². The summed E-state index contributed by atoms with van der Waals surface area (Å²) < 4.78 is 29.2. The molecule has 2 atom stereocenters. The zero-order valence-corrected chi connectivity index (χ0v) is 37.9. The number of pyridine rings is 2. The zero-order chi connectivity index (χ0) is 43.7. The number of aromatic nitrogens is 2. The Bertz CT molecular complexity index is 1930. The van der Waals surface area contributed by atoms with E-state index in [0.717, 1.165) is 108 Å². The maximum absolute atomic E-state index is 12.3. The molecule has 63 heavy (non-hydrogen) atoms. The van der Waals surface area contributed by atoms with E-state index in [2.05, 4.69) is 85.7 Å². The molecule has 0 spiro atoms. The van der Waals surface area contributed by atoms with Gasteiger partial charge in [0.25, 0.3) is 0 Å². The van der Waals surface area contributed by atoms with E-state index in [4.69, 9.17) is 23.7 Å². The number of ether oxygens (including phenoxy) is 5. The number of nitrogens with zero attached hydrogens (tertiary/aromatic N) is 5. The average Bonchev–Trinajstić information content (AvgIpc) is 3.27. The monoisotopic (exact) mass is 863 g/mol. The van der Waals surface area contributed by atoms with Crippen molar-refractivity contribution < 1.29 is 28.5 Å². The van der Waals surface area contributed by atoms with Crippen molar-refractivity contribution in [2.45, 2.75) is 103 Å². The molecule has 4 aromatic rings.